The number of halogens is 2. The van der Waals surface area contributed by atoms with Crippen molar-refractivity contribution in [3.63, 3.8) is 0 Å². The van der Waals surface area contributed by atoms with Gasteiger partial charge in [-0.3, -0.25) is 0 Å². The van der Waals surface area contributed by atoms with Crippen LogP contribution in [0.3, 0.4) is 0 Å². The van der Waals surface area contributed by atoms with Gasteiger partial charge in [0.15, 0.2) is 5.65 Å². The molecule has 2 heterocycles. The van der Waals surface area contributed by atoms with Crippen LogP contribution in [-0.4, -0.2) is 57.6 Å². The quantitative estimate of drug-likeness (QED) is 0.360. The van der Waals surface area contributed by atoms with Gasteiger partial charge in [-0.05, 0) is 45.7 Å². The molecule has 0 spiro atoms. The Morgan fingerprint density at radius 3 is 2.85 bits per heavy atom. The minimum Gasteiger partial charge on any atom is -0.493 e. The number of nitrogens with one attached hydrogen (secondary N) is 1. The van der Waals surface area contributed by atoms with Crippen molar-refractivity contribution in [2.24, 2.45) is 0 Å². The molecule has 0 fully saturated rings. The lowest BCUT2D eigenvalue weighted by Crippen LogP contribution is -2.41. The molecule has 2 aromatic heterocycles. The Kier molecular flexibility index (Phi) is 9.10. The number of fused-ring (bicyclic) bond motifs is 1. The Bertz CT molecular complexity index is 1120. The molecule has 34 heavy (non-hydrogen) atoms. The molecule has 1 amide bonds. The molecule has 1 unspecified atom stereocenters. The van der Waals surface area contributed by atoms with Gasteiger partial charge < -0.3 is 24.1 Å². The molecule has 0 aliphatic rings. The van der Waals surface area contributed by atoms with E-state index >= 15 is 0 Å². The van der Waals surface area contributed by atoms with Gasteiger partial charge in [-0.1, -0.05) is 27.5 Å². The van der Waals surface area contributed by atoms with Crippen LogP contribution >= 0.6 is 27.5 Å². The van der Waals surface area contributed by atoms with Crippen LogP contribution in [0.2, 0.25) is 5.02 Å². The van der Waals surface area contributed by atoms with Crippen molar-refractivity contribution in [3.05, 3.63) is 46.0 Å². The first kappa shape index (κ1) is 26.2. The number of rotatable bonds is 10. The summed E-state index contributed by atoms with van der Waals surface area (Å²) >= 11 is 9.88. The lowest BCUT2D eigenvalue weighted by molar-refractivity contribution is 0.0461. The van der Waals surface area contributed by atoms with Gasteiger partial charge in [0.1, 0.15) is 29.4 Å². The predicted octanol–water partition coefficient (Wildman–Crippen LogP) is 4.79. The van der Waals surface area contributed by atoms with Crippen LogP contribution in [0.25, 0.3) is 11.2 Å². The van der Waals surface area contributed by atoms with E-state index in [1.165, 1.54) is 6.33 Å². The lowest BCUT2D eigenvalue weighted by Gasteiger charge is -2.23. The molecule has 183 valence electrons. The maximum absolute atomic E-state index is 12.1. The highest BCUT2D eigenvalue weighted by atomic mass is 79.9. The van der Waals surface area contributed by atoms with E-state index < -0.39 is 11.7 Å². The third-order valence-corrected chi connectivity index (χ3v) is 5.64. The third kappa shape index (κ3) is 7.54. The summed E-state index contributed by atoms with van der Waals surface area (Å²) in [7, 11) is 1.60. The number of nitrogens with zero attached hydrogens (tertiary/aromatic N) is 4. The molecule has 9 nitrogen and oxygen atoms in total. The van der Waals surface area contributed by atoms with Crippen LogP contribution in [0.15, 0.2) is 29.3 Å². The minimum absolute atomic E-state index is 0.192. The molecule has 1 aromatic carbocycles. The molecular formula is C23H28BrClN5O4. The molecule has 0 bridgehead atoms. The molecule has 0 aliphatic heterocycles. The van der Waals surface area contributed by atoms with Crippen LogP contribution in [0.4, 0.5) is 4.79 Å². The summed E-state index contributed by atoms with van der Waals surface area (Å²) in [6.45, 7) is 6.75. The van der Waals surface area contributed by atoms with Gasteiger partial charge in [-0.25, -0.2) is 19.7 Å². The van der Waals surface area contributed by atoms with E-state index in [9.17, 15) is 4.79 Å². The van der Waals surface area contributed by atoms with Crippen molar-refractivity contribution >= 4 is 44.8 Å². The van der Waals surface area contributed by atoms with Crippen molar-refractivity contribution in [1.29, 1.82) is 0 Å². The molecular weight excluding hydrogens is 526 g/mol. The van der Waals surface area contributed by atoms with E-state index in [1.54, 1.807) is 19.5 Å². The number of imidazole rings is 1. The Hall–Kier alpha value is -2.43. The van der Waals surface area contributed by atoms with Crippen LogP contribution in [-0.2, 0) is 16.0 Å². The summed E-state index contributed by atoms with van der Waals surface area (Å²) in [6, 6.07) is 3.42. The zero-order valence-electron chi connectivity index (χ0n) is 19.6. The number of amides is 1. The number of carbonyl (C=O) groups is 1. The van der Waals surface area contributed by atoms with Gasteiger partial charge >= 0.3 is 6.09 Å². The summed E-state index contributed by atoms with van der Waals surface area (Å²) in [5.41, 5.74) is 1.61. The fraction of sp³-hybridized carbons (Fsp3) is 0.478. The van der Waals surface area contributed by atoms with Gasteiger partial charge in [-0.2, -0.15) is 0 Å². The summed E-state index contributed by atoms with van der Waals surface area (Å²) in [5.74, 6) is 0.655. The zero-order valence-corrected chi connectivity index (χ0v) is 21.9. The molecule has 1 N–H and O–H groups in total. The number of methoxy groups -OCH3 is 1. The highest BCUT2D eigenvalue weighted by molar-refractivity contribution is 9.10. The van der Waals surface area contributed by atoms with E-state index in [1.807, 2.05) is 31.4 Å². The Morgan fingerprint density at radius 1 is 1.32 bits per heavy atom. The number of aromatic nitrogens is 4. The second-order valence-electron chi connectivity index (χ2n) is 8.68. The molecule has 1 radical (unpaired) electrons. The number of hydrogen-bond acceptors (Lipinski definition) is 7. The average molecular weight is 554 g/mol. The van der Waals surface area contributed by atoms with E-state index in [-0.39, 0.29) is 6.04 Å². The molecule has 0 saturated heterocycles. The Morgan fingerprint density at radius 2 is 2.12 bits per heavy atom. The van der Waals surface area contributed by atoms with Gasteiger partial charge in [0.05, 0.1) is 32.1 Å². The highest BCUT2D eigenvalue weighted by Crippen LogP contribution is 2.32. The zero-order chi connectivity index (χ0) is 24.7. The van der Waals surface area contributed by atoms with Crippen molar-refractivity contribution in [2.75, 3.05) is 20.3 Å². The molecule has 1 atom stereocenters. The van der Waals surface area contributed by atoms with Crippen LogP contribution < -0.4 is 10.1 Å². The summed E-state index contributed by atoms with van der Waals surface area (Å²) in [6.07, 6.45) is 6.83. The third-order valence-electron chi connectivity index (χ3n) is 4.71. The van der Waals surface area contributed by atoms with Crippen molar-refractivity contribution in [1.82, 2.24) is 24.8 Å². The molecule has 3 aromatic rings. The first-order chi connectivity index (χ1) is 16.2. The maximum Gasteiger partial charge on any atom is 0.407 e. The number of carbonyl (C=O) groups excluding carboxylic acids is 1. The summed E-state index contributed by atoms with van der Waals surface area (Å²) in [5, 5.41) is 3.41. The minimum atomic E-state index is -0.564. The van der Waals surface area contributed by atoms with Crippen molar-refractivity contribution in [2.45, 2.75) is 51.8 Å². The van der Waals surface area contributed by atoms with Gasteiger partial charge in [-0.15, -0.1) is 0 Å². The maximum atomic E-state index is 12.1. The van der Waals surface area contributed by atoms with Crippen molar-refractivity contribution in [3.8, 4) is 5.75 Å². The predicted molar refractivity (Wildman–Crippen MR) is 132 cm³/mol. The van der Waals surface area contributed by atoms with Gasteiger partial charge in [0.2, 0.25) is 0 Å². The van der Waals surface area contributed by atoms with Crippen LogP contribution in [0.5, 0.6) is 5.75 Å². The Labute approximate surface area is 212 Å². The fourth-order valence-corrected chi connectivity index (χ4v) is 4.20. The summed E-state index contributed by atoms with van der Waals surface area (Å²) < 4.78 is 19.4. The molecule has 0 aliphatic carbocycles. The van der Waals surface area contributed by atoms with E-state index in [4.69, 9.17) is 25.8 Å². The SMILES string of the molecule is COCC(CCCOc1cc(Cl)cc(Br)c1Cn1cnc2[c]ncnc21)NC(=O)OC(C)(C)C. The topological polar surface area (TPSA) is 100 Å². The first-order valence-corrected chi connectivity index (χ1v) is 12.0. The van der Waals surface area contributed by atoms with Crippen LogP contribution in [0.1, 0.15) is 39.2 Å². The number of alkyl carbamates (subject to hydrolysis) is 1. The second kappa shape index (κ2) is 11.8. The second-order valence-corrected chi connectivity index (χ2v) is 9.97. The molecule has 11 heteroatoms. The van der Waals surface area contributed by atoms with Gasteiger partial charge in [0.25, 0.3) is 0 Å². The van der Waals surface area contributed by atoms with Gasteiger partial charge in [0, 0.05) is 22.2 Å². The highest BCUT2D eigenvalue weighted by Gasteiger charge is 2.20. The van der Waals surface area contributed by atoms with E-state index in [0.29, 0.717) is 54.5 Å². The fourth-order valence-electron chi connectivity index (χ4n) is 3.30. The first-order valence-electron chi connectivity index (χ1n) is 10.8. The average Bonchev–Trinajstić information content (AvgIpc) is 3.15. The number of hydrogen-bond donors (Lipinski definition) is 1. The largest absolute Gasteiger partial charge is 0.493 e. The van der Waals surface area contributed by atoms with E-state index in [0.717, 1.165) is 10.0 Å². The van der Waals surface area contributed by atoms with Crippen LogP contribution in [0, 0.1) is 6.20 Å². The molecule has 3 rings (SSSR count). The smallest absolute Gasteiger partial charge is 0.407 e. The molecule has 0 saturated carbocycles. The normalized spacial score (nSPS) is 12.5. The Balaban J connectivity index is 1.63. The number of benzene rings is 1. The lowest BCUT2D eigenvalue weighted by atomic mass is 10.1. The standard InChI is InChI=1S/C23H28BrClN5O4/c1-23(2,3)34-22(31)29-16(12-32-4)6-5-7-33-20-9-15(25)8-18(24)17(20)11-30-14-28-19-10-26-13-27-21(19)30/h8-9,13-14,16H,5-7,11-12H2,1-4H3,(H,29,31). The van der Waals surface area contributed by atoms with Crippen molar-refractivity contribution < 1.29 is 19.0 Å². The number of ether oxygens (including phenoxy) is 3. The summed E-state index contributed by atoms with van der Waals surface area (Å²) in [4.78, 5) is 24.6. The van der Waals surface area contributed by atoms with E-state index in [2.05, 4.69) is 42.4 Å². The monoisotopic (exact) mass is 552 g/mol.